The number of anilines is 1. The van der Waals surface area contributed by atoms with E-state index in [4.69, 9.17) is 16.3 Å². The van der Waals surface area contributed by atoms with Crippen LogP contribution in [0.25, 0.3) is 5.69 Å². The summed E-state index contributed by atoms with van der Waals surface area (Å²) in [6, 6.07) is 25.5. The lowest BCUT2D eigenvalue weighted by Crippen LogP contribution is -2.41. The standard InChI is InChI=1S/C33H27BrClN5O4/c1-44-25-12-10-24(11-13-25)40-29(31(41)37-30-22(8-5-15-36-30)18-21-6-3-2-4-7-21)28-20-38(16-17-39(28)33(40)43)32(42)23-9-14-26(34)27(35)19-23/h2-15,19H,16-18,20H2,1H3,(H,36,37,41). The molecule has 6 rings (SSSR count). The summed E-state index contributed by atoms with van der Waals surface area (Å²) in [5.41, 5.74) is 2.96. The van der Waals surface area contributed by atoms with Gasteiger partial charge in [-0.3, -0.25) is 18.7 Å². The van der Waals surface area contributed by atoms with Gasteiger partial charge in [-0.25, -0.2) is 9.78 Å². The Balaban J connectivity index is 1.40. The van der Waals surface area contributed by atoms with E-state index < -0.39 is 5.91 Å². The number of carbonyl (C=O) groups excluding carboxylic acids is 2. The van der Waals surface area contributed by atoms with E-state index >= 15 is 0 Å². The number of halogens is 2. The number of pyridine rings is 1. The molecule has 44 heavy (non-hydrogen) atoms. The zero-order valence-corrected chi connectivity index (χ0v) is 26.0. The zero-order chi connectivity index (χ0) is 30.8. The molecule has 222 valence electrons. The SMILES string of the molecule is COc1ccc(-n2c(C(=O)Nc3ncccc3Cc3ccccc3)c3n(c2=O)CCN(C(=O)c2ccc(Br)c(Cl)c2)C3)cc1. The average molecular weight is 673 g/mol. The van der Waals surface area contributed by atoms with Crippen LogP contribution in [0.15, 0.2) is 100 Å². The predicted octanol–water partition coefficient (Wildman–Crippen LogP) is 5.96. The summed E-state index contributed by atoms with van der Waals surface area (Å²) in [5.74, 6) is 0.237. The van der Waals surface area contributed by atoms with E-state index in [0.29, 0.717) is 44.4 Å². The molecule has 3 heterocycles. The number of amides is 2. The highest BCUT2D eigenvalue weighted by atomic mass is 79.9. The Morgan fingerprint density at radius 3 is 2.50 bits per heavy atom. The van der Waals surface area contributed by atoms with Gasteiger partial charge in [-0.05, 0) is 75.6 Å². The quantitative estimate of drug-likeness (QED) is 0.230. The van der Waals surface area contributed by atoms with Gasteiger partial charge in [0.05, 0.1) is 30.1 Å². The van der Waals surface area contributed by atoms with Crippen LogP contribution >= 0.6 is 27.5 Å². The van der Waals surface area contributed by atoms with E-state index in [1.54, 1.807) is 65.2 Å². The summed E-state index contributed by atoms with van der Waals surface area (Å²) < 4.78 is 8.92. The number of methoxy groups -OCH3 is 1. The van der Waals surface area contributed by atoms with Crippen LogP contribution < -0.4 is 15.7 Å². The molecule has 2 aromatic heterocycles. The number of rotatable bonds is 7. The molecule has 2 amide bonds. The Morgan fingerprint density at radius 2 is 1.77 bits per heavy atom. The summed E-state index contributed by atoms with van der Waals surface area (Å²) in [5, 5.41) is 3.37. The van der Waals surface area contributed by atoms with Crippen molar-refractivity contribution in [2.75, 3.05) is 19.0 Å². The molecule has 1 N–H and O–H groups in total. The summed E-state index contributed by atoms with van der Waals surface area (Å²) in [6.45, 7) is 0.553. The molecular formula is C33H27BrClN5O4. The molecule has 0 bridgehead atoms. The number of carbonyl (C=O) groups is 2. The van der Waals surface area contributed by atoms with Crippen LogP contribution in [0.5, 0.6) is 5.75 Å². The molecule has 0 spiro atoms. The number of hydrogen-bond acceptors (Lipinski definition) is 5. The molecule has 0 unspecified atom stereocenters. The van der Waals surface area contributed by atoms with Crippen molar-refractivity contribution in [3.63, 3.8) is 0 Å². The lowest BCUT2D eigenvalue weighted by molar-refractivity contribution is 0.0707. The van der Waals surface area contributed by atoms with Gasteiger partial charge in [-0.2, -0.15) is 0 Å². The van der Waals surface area contributed by atoms with Crippen molar-refractivity contribution in [1.29, 1.82) is 0 Å². The van der Waals surface area contributed by atoms with Gasteiger partial charge in [0, 0.05) is 35.7 Å². The highest BCUT2D eigenvalue weighted by Crippen LogP contribution is 2.27. The van der Waals surface area contributed by atoms with Crippen LogP contribution in [-0.2, 0) is 19.5 Å². The van der Waals surface area contributed by atoms with Gasteiger partial charge in [0.2, 0.25) is 0 Å². The fourth-order valence-electron chi connectivity index (χ4n) is 5.32. The Labute approximate surface area is 266 Å². The van der Waals surface area contributed by atoms with Gasteiger partial charge in [0.25, 0.3) is 11.8 Å². The number of imidazole rings is 1. The maximum absolute atomic E-state index is 14.2. The van der Waals surface area contributed by atoms with E-state index in [9.17, 15) is 14.4 Å². The van der Waals surface area contributed by atoms with Gasteiger partial charge in [0.15, 0.2) is 0 Å². The molecule has 1 aliphatic rings. The second-order valence-electron chi connectivity index (χ2n) is 10.2. The van der Waals surface area contributed by atoms with Gasteiger partial charge < -0.3 is 15.0 Å². The monoisotopic (exact) mass is 671 g/mol. The minimum atomic E-state index is -0.513. The molecule has 0 radical (unpaired) electrons. The van der Waals surface area contributed by atoms with Crippen molar-refractivity contribution >= 4 is 45.2 Å². The molecular weight excluding hydrogens is 646 g/mol. The highest BCUT2D eigenvalue weighted by Gasteiger charge is 2.32. The first kappa shape index (κ1) is 29.4. The molecule has 0 aliphatic carbocycles. The Hall–Kier alpha value is -4.67. The number of nitrogens with zero attached hydrogens (tertiary/aromatic N) is 4. The number of benzene rings is 3. The second kappa shape index (κ2) is 12.5. The number of fused-ring (bicyclic) bond motifs is 1. The first-order valence-electron chi connectivity index (χ1n) is 13.9. The van der Waals surface area contributed by atoms with Gasteiger partial charge >= 0.3 is 5.69 Å². The van der Waals surface area contributed by atoms with Crippen molar-refractivity contribution in [1.82, 2.24) is 19.0 Å². The van der Waals surface area contributed by atoms with E-state index in [-0.39, 0.29) is 36.9 Å². The first-order chi connectivity index (χ1) is 21.3. The summed E-state index contributed by atoms with van der Waals surface area (Å²) in [4.78, 5) is 47.6. The maximum atomic E-state index is 14.2. The Bertz CT molecular complexity index is 1920. The minimum Gasteiger partial charge on any atom is -0.497 e. The van der Waals surface area contributed by atoms with E-state index in [1.165, 1.54) is 4.57 Å². The highest BCUT2D eigenvalue weighted by molar-refractivity contribution is 9.10. The Kier molecular flexibility index (Phi) is 8.36. The summed E-state index contributed by atoms with van der Waals surface area (Å²) in [7, 11) is 1.56. The van der Waals surface area contributed by atoms with E-state index in [1.807, 2.05) is 42.5 Å². The maximum Gasteiger partial charge on any atom is 0.333 e. The lowest BCUT2D eigenvalue weighted by Gasteiger charge is -2.28. The summed E-state index contributed by atoms with van der Waals surface area (Å²) in [6.07, 6.45) is 2.17. The average Bonchev–Trinajstić information content (AvgIpc) is 3.35. The predicted molar refractivity (Wildman–Crippen MR) is 172 cm³/mol. The van der Waals surface area contributed by atoms with Crippen molar-refractivity contribution < 1.29 is 14.3 Å². The third-order valence-corrected chi connectivity index (χ3v) is 8.77. The first-order valence-corrected chi connectivity index (χ1v) is 15.0. The van der Waals surface area contributed by atoms with Crippen molar-refractivity contribution in [3.8, 4) is 11.4 Å². The smallest absolute Gasteiger partial charge is 0.333 e. The number of hydrogen-bond donors (Lipinski definition) is 1. The molecule has 0 atom stereocenters. The third-order valence-electron chi connectivity index (χ3n) is 7.54. The lowest BCUT2D eigenvalue weighted by atomic mass is 10.1. The molecule has 0 saturated heterocycles. The zero-order valence-electron chi connectivity index (χ0n) is 23.7. The minimum absolute atomic E-state index is 0.0484. The number of nitrogens with one attached hydrogen (secondary N) is 1. The van der Waals surface area contributed by atoms with Crippen molar-refractivity contribution in [3.05, 3.63) is 139 Å². The summed E-state index contributed by atoms with van der Waals surface area (Å²) >= 11 is 9.62. The fourth-order valence-corrected chi connectivity index (χ4v) is 5.75. The molecule has 1 aliphatic heterocycles. The van der Waals surface area contributed by atoms with Crippen LogP contribution in [0, 0.1) is 0 Å². The topological polar surface area (TPSA) is 98.5 Å². The molecule has 5 aromatic rings. The van der Waals surface area contributed by atoms with Crippen molar-refractivity contribution in [2.45, 2.75) is 19.5 Å². The van der Waals surface area contributed by atoms with Crippen LogP contribution in [0.3, 0.4) is 0 Å². The largest absolute Gasteiger partial charge is 0.497 e. The van der Waals surface area contributed by atoms with Gasteiger partial charge in [0.1, 0.15) is 17.3 Å². The molecule has 11 heteroatoms. The van der Waals surface area contributed by atoms with E-state index in [0.717, 1.165) is 11.1 Å². The molecule has 9 nitrogen and oxygen atoms in total. The second-order valence-corrected chi connectivity index (χ2v) is 11.5. The fraction of sp³-hybridized carbons (Fsp3) is 0.152. The third kappa shape index (κ3) is 5.78. The van der Waals surface area contributed by atoms with Gasteiger partial charge in [-0.1, -0.05) is 48.0 Å². The number of ether oxygens (including phenoxy) is 1. The molecule has 0 fully saturated rings. The van der Waals surface area contributed by atoms with E-state index in [2.05, 4.69) is 26.2 Å². The van der Waals surface area contributed by atoms with Gasteiger partial charge in [-0.15, -0.1) is 0 Å². The van der Waals surface area contributed by atoms with Crippen LogP contribution in [0.2, 0.25) is 5.02 Å². The van der Waals surface area contributed by atoms with Crippen molar-refractivity contribution in [2.24, 2.45) is 0 Å². The van der Waals surface area contributed by atoms with Crippen LogP contribution in [0.4, 0.5) is 5.82 Å². The normalized spacial score (nSPS) is 12.5. The molecule has 3 aromatic carbocycles. The van der Waals surface area contributed by atoms with Crippen LogP contribution in [0.1, 0.15) is 37.7 Å². The number of aromatic nitrogens is 3. The molecule has 0 saturated carbocycles. The van der Waals surface area contributed by atoms with Crippen LogP contribution in [-0.4, -0.2) is 44.5 Å². The Morgan fingerprint density at radius 1 is 1.00 bits per heavy atom.